The predicted molar refractivity (Wildman–Crippen MR) is 351 cm³/mol. The molecule has 0 aromatic rings. The normalized spacial score (nSPS) is 23.3. The Morgan fingerprint density at radius 2 is 0.663 bits per heavy atom. The Morgan fingerprint density at radius 1 is 0.372 bits per heavy atom. The summed E-state index contributed by atoms with van der Waals surface area (Å²) in [7, 11) is 0. The number of amides is 1. The van der Waals surface area contributed by atoms with E-state index in [0.29, 0.717) is 12.8 Å². The highest BCUT2D eigenvalue weighted by molar-refractivity contribution is 5.76. The lowest BCUT2D eigenvalue weighted by atomic mass is 9.97. The molecule has 12 unspecified atom stereocenters. The highest BCUT2D eigenvalue weighted by atomic mass is 16.7. The minimum atomic E-state index is -1.78. The molecule has 14 nitrogen and oxygen atoms in total. The molecule has 2 rings (SSSR count). The Kier molecular flexibility index (Phi) is 54.5. The van der Waals surface area contributed by atoms with Crippen molar-refractivity contribution >= 4 is 5.91 Å². The lowest BCUT2D eigenvalue weighted by Crippen LogP contribution is -2.65. The summed E-state index contributed by atoms with van der Waals surface area (Å²) >= 11 is 0. The molecule has 0 spiro atoms. The molecule has 0 saturated carbocycles. The van der Waals surface area contributed by atoms with E-state index in [1.54, 1.807) is 0 Å². The second-order valence-corrected chi connectivity index (χ2v) is 26.8. The van der Waals surface area contributed by atoms with E-state index in [2.05, 4.69) is 19.2 Å². The fraction of sp³-hybridized carbons (Fsp3) is 0.986. The summed E-state index contributed by atoms with van der Waals surface area (Å²) < 4.78 is 22.9. The van der Waals surface area contributed by atoms with Gasteiger partial charge in [0.25, 0.3) is 0 Å². The van der Waals surface area contributed by atoms with Crippen molar-refractivity contribution in [1.82, 2.24) is 5.32 Å². The molecule has 2 aliphatic rings. The van der Waals surface area contributed by atoms with Crippen LogP contribution in [0.1, 0.15) is 361 Å². The number of ether oxygens (including phenoxy) is 4. The predicted octanol–water partition coefficient (Wildman–Crippen LogP) is 15.6. The van der Waals surface area contributed by atoms with E-state index in [4.69, 9.17) is 18.9 Å². The fourth-order valence-corrected chi connectivity index (χ4v) is 12.9. The first kappa shape index (κ1) is 81.1. The van der Waals surface area contributed by atoms with Crippen molar-refractivity contribution in [1.29, 1.82) is 0 Å². The number of carbonyl (C=O) groups is 1. The van der Waals surface area contributed by atoms with Gasteiger partial charge in [-0.2, -0.15) is 0 Å². The van der Waals surface area contributed by atoms with E-state index >= 15 is 0 Å². The zero-order valence-electron chi connectivity index (χ0n) is 55.9. The third-order valence-electron chi connectivity index (χ3n) is 18.8. The lowest BCUT2D eigenvalue weighted by Gasteiger charge is -2.46. The Hall–Kier alpha value is -1.01. The Labute approximate surface area is 527 Å². The largest absolute Gasteiger partial charge is 0.394 e. The summed E-state index contributed by atoms with van der Waals surface area (Å²) in [5.41, 5.74) is 0. The summed E-state index contributed by atoms with van der Waals surface area (Å²) in [5.74, 6) is -0.197. The second-order valence-electron chi connectivity index (χ2n) is 26.8. The van der Waals surface area contributed by atoms with Crippen molar-refractivity contribution in [3.05, 3.63) is 0 Å². The molecule has 2 aliphatic heterocycles. The summed E-state index contributed by atoms with van der Waals surface area (Å²) in [6.45, 7) is 2.92. The van der Waals surface area contributed by atoms with Crippen molar-refractivity contribution < 1.29 is 64.6 Å². The summed E-state index contributed by atoms with van der Waals surface area (Å²) in [5, 5.41) is 87.6. The van der Waals surface area contributed by atoms with Gasteiger partial charge in [0.2, 0.25) is 5.91 Å². The first-order chi connectivity index (χ1) is 42.1. The van der Waals surface area contributed by atoms with E-state index in [1.807, 2.05) is 0 Å². The molecule has 512 valence electrons. The number of aliphatic hydroxyl groups is 8. The van der Waals surface area contributed by atoms with Crippen LogP contribution in [-0.4, -0.2) is 140 Å². The lowest BCUT2D eigenvalue weighted by molar-refractivity contribution is -0.359. The van der Waals surface area contributed by atoms with Crippen LogP contribution in [0.3, 0.4) is 0 Å². The zero-order valence-corrected chi connectivity index (χ0v) is 55.9. The zero-order chi connectivity index (χ0) is 62.3. The van der Waals surface area contributed by atoms with Gasteiger partial charge in [-0.15, -0.1) is 0 Å². The van der Waals surface area contributed by atoms with Crippen LogP contribution in [0.15, 0.2) is 0 Å². The third-order valence-corrected chi connectivity index (χ3v) is 18.8. The molecule has 0 aromatic carbocycles. The first-order valence-corrected chi connectivity index (χ1v) is 37.3. The smallest absolute Gasteiger partial charge is 0.220 e. The molecule has 0 radical (unpaired) electrons. The second kappa shape index (κ2) is 57.9. The maximum Gasteiger partial charge on any atom is 0.220 e. The molecule has 12 atom stereocenters. The van der Waals surface area contributed by atoms with Crippen molar-refractivity contribution in [2.24, 2.45) is 0 Å². The van der Waals surface area contributed by atoms with Crippen LogP contribution in [0, 0.1) is 0 Å². The molecule has 2 heterocycles. The van der Waals surface area contributed by atoms with Crippen molar-refractivity contribution in [2.45, 2.75) is 434 Å². The van der Waals surface area contributed by atoms with E-state index < -0.39 is 86.8 Å². The molecule has 14 heteroatoms. The van der Waals surface area contributed by atoms with E-state index in [0.717, 1.165) is 51.4 Å². The standard InChI is InChI=1S/C72H141NO13/c1-3-5-7-9-11-13-15-17-19-21-22-23-24-25-26-27-28-29-30-31-32-33-34-35-36-37-38-39-40-42-44-46-48-50-52-54-56-64(77)73-60(61(76)55-53-51-49-47-45-43-41-20-18-16-14-12-10-8-6-4-2)59-83-71-69(82)67(80)70(63(58-75)85-71)86-72-68(81)66(79)65(78)62(57-74)84-72/h60-63,65-72,74-76,78-82H,3-59H2,1-2H3,(H,73,77). The number of unbranched alkanes of at least 4 members (excludes halogenated alkanes) is 50. The molecular weight excluding hydrogens is 1090 g/mol. The number of nitrogens with one attached hydrogen (secondary N) is 1. The van der Waals surface area contributed by atoms with Gasteiger partial charge < -0.3 is 65.1 Å². The van der Waals surface area contributed by atoms with Gasteiger partial charge in [0, 0.05) is 6.42 Å². The fourth-order valence-electron chi connectivity index (χ4n) is 12.9. The maximum atomic E-state index is 13.3. The van der Waals surface area contributed by atoms with Crippen LogP contribution in [0.2, 0.25) is 0 Å². The average Bonchev–Trinajstić information content (AvgIpc) is 2.21. The van der Waals surface area contributed by atoms with Crippen LogP contribution in [0.5, 0.6) is 0 Å². The third kappa shape index (κ3) is 41.5. The number of hydrogen-bond acceptors (Lipinski definition) is 13. The molecule has 0 aromatic heterocycles. The van der Waals surface area contributed by atoms with Crippen molar-refractivity contribution in [2.75, 3.05) is 19.8 Å². The summed E-state index contributed by atoms with van der Waals surface area (Å²) in [4.78, 5) is 13.3. The van der Waals surface area contributed by atoms with Crippen LogP contribution < -0.4 is 5.32 Å². The van der Waals surface area contributed by atoms with Gasteiger partial charge in [-0.3, -0.25) is 4.79 Å². The number of hydrogen-bond donors (Lipinski definition) is 9. The number of carbonyl (C=O) groups excluding carboxylic acids is 1. The van der Waals surface area contributed by atoms with Crippen LogP contribution in [-0.2, 0) is 23.7 Å². The highest BCUT2D eigenvalue weighted by Crippen LogP contribution is 2.30. The molecule has 0 bridgehead atoms. The Morgan fingerprint density at radius 3 is 0.988 bits per heavy atom. The Bertz CT molecular complexity index is 1450. The van der Waals surface area contributed by atoms with Crippen molar-refractivity contribution in [3.8, 4) is 0 Å². The molecule has 0 aliphatic carbocycles. The van der Waals surface area contributed by atoms with Gasteiger partial charge in [-0.1, -0.05) is 341 Å². The van der Waals surface area contributed by atoms with Gasteiger partial charge in [-0.25, -0.2) is 0 Å². The number of aliphatic hydroxyl groups excluding tert-OH is 8. The van der Waals surface area contributed by atoms with Gasteiger partial charge >= 0.3 is 0 Å². The topological polar surface area (TPSA) is 228 Å². The monoisotopic (exact) mass is 1230 g/mol. The molecule has 2 saturated heterocycles. The van der Waals surface area contributed by atoms with E-state index in [-0.39, 0.29) is 12.5 Å². The quantitative estimate of drug-likeness (QED) is 0.0259. The van der Waals surface area contributed by atoms with Crippen LogP contribution in [0.4, 0.5) is 0 Å². The molecule has 2 fully saturated rings. The number of rotatable bonds is 63. The summed E-state index contributed by atoms with van der Waals surface area (Å²) in [6.07, 6.45) is 52.9. The molecular formula is C72H141NO13. The van der Waals surface area contributed by atoms with Gasteiger partial charge in [0.1, 0.15) is 48.8 Å². The van der Waals surface area contributed by atoms with Crippen LogP contribution >= 0.6 is 0 Å². The minimum Gasteiger partial charge on any atom is -0.394 e. The Balaban J connectivity index is 1.56. The first-order valence-electron chi connectivity index (χ1n) is 37.3. The molecule has 86 heavy (non-hydrogen) atoms. The SMILES string of the molecule is CCCCCCCCCCCCCCCCCCCCCCCCCCCCCCCCCCCCCCC(=O)NC(COC1OC(CO)C(OC2OC(CO)C(O)C(O)C2O)C(O)C1O)C(O)CCCCCCCCCCCCCCCCCC. The summed E-state index contributed by atoms with van der Waals surface area (Å²) in [6, 6.07) is -0.824. The van der Waals surface area contributed by atoms with Gasteiger partial charge in [0.05, 0.1) is 32.0 Å². The van der Waals surface area contributed by atoms with E-state index in [1.165, 1.54) is 283 Å². The minimum absolute atomic E-state index is 0.197. The highest BCUT2D eigenvalue weighted by Gasteiger charge is 2.51. The van der Waals surface area contributed by atoms with Crippen molar-refractivity contribution in [3.63, 3.8) is 0 Å². The van der Waals surface area contributed by atoms with Gasteiger partial charge in [-0.05, 0) is 12.8 Å². The maximum absolute atomic E-state index is 13.3. The average molecular weight is 1230 g/mol. The van der Waals surface area contributed by atoms with Gasteiger partial charge in [0.15, 0.2) is 12.6 Å². The van der Waals surface area contributed by atoms with Crippen LogP contribution in [0.25, 0.3) is 0 Å². The van der Waals surface area contributed by atoms with E-state index in [9.17, 15) is 45.6 Å². The molecule has 9 N–H and O–H groups in total. The molecule has 1 amide bonds.